The van der Waals surface area contributed by atoms with E-state index in [4.69, 9.17) is 14.2 Å². The smallest absolute Gasteiger partial charge is 0.312 e. The Balaban J connectivity index is 2.34. The molecule has 0 amide bonds. The maximum absolute atomic E-state index is 11.8. The number of hydrogen-bond donors (Lipinski definition) is 0. The summed E-state index contributed by atoms with van der Waals surface area (Å²) in [5.41, 5.74) is 1.22. The minimum Gasteiger partial charge on any atom is -0.469 e. The third kappa shape index (κ3) is 4.32. The Morgan fingerprint density at radius 1 is 1.12 bits per heavy atom. The highest BCUT2D eigenvalue weighted by molar-refractivity contribution is 5.79. The molecule has 1 unspecified atom stereocenters. The maximum atomic E-state index is 11.8. The lowest BCUT2D eigenvalue weighted by molar-refractivity contribution is -0.142. The molecule has 0 radical (unpaired) electrons. The summed E-state index contributed by atoms with van der Waals surface area (Å²) in [5.74, 6) is -0.401. The number of carbonyl (C=O) groups excluding carboxylic acids is 2. The number of benzene rings is 1. The molecule has 1 aromatic carbocycles. The first-order chi connectivity index (χ1) is 11.5. The summed E-state index contributed by atoms with van der Waals surface area (Å²) in [6.07, 6.45) is 1.54. The second kappa shape index (κ2) is 8.10. The molecule has 6 nitrogen and oxygen atoms in total. The van der Waals surface area contributed by atoms with Crippen molar-refractivity contribution in [3.8, 4) is 11.6 Å². The van der Waals surface area contributed by atoms with Crippen molar-refractivity contribution in [2.45, 2.75) is 19.3 Å². The summed E-state index contributed by atoms with van der Waals surface area (Å²) < 4.78 is 15.2. The van der Waals surface area contributed by atoms with Crippen LogP contribution in [0.2, 0.25) is 0 Å². The average molecular weight is 329 g/mol. The van der Waals surface area contributed by atoms with Gasteiger partial charge in [-0.3, -0.25) is 9.59 Å². The molecule has 0 fully saturated rings. The molecule has 1 aromatic heterocycles. The Labute approximate surface area is 140 Å². The fraction of sp³-hybridized carbons (Fsp3) is 0.278. The van der Waals surface area contributed by atoms with Gasteiger partial charge in [0.15, 0.2) is 0 Å². The molecular formula is C18H19NO5. The number of rotatable bonds is 6. The van der Waals surface area contributed by atoms with Crippen molar-refractivity contribution < 1.29 is 23.8 Å². The monoisotopic (exact) mass is 329 g/mol. The van der Waals surface area contributed by atoms with Gasteiger partial charge in [-0.05, 0) is 30.2 Å². The highest BCUT2D eigenvalue weighted by atomic mass is 16.5. The van der Waals surface area contributed by atoms with Crippen LogP contribution in [0.5, 0.6) is 11.6 Å². The first-order valence-electron chi connectivity index (χ1n) is 7.41. The predicted octanol–water partition coefficient (Wildman–Crippen LogP) is 2.87. The van der Waals surface area contributed by atoms with Crippen molar-refractivity contribution in [1.82, 2.24) is 4.98 Å². The zero-order chi connectivity index (χ0) is 17.5. The minimum atomic E-state index is -0.548. The van der Waals surface area contributed by atoms with Gasteiger partial charge in [-0.1, -0.05) is 18.2 Å². The molecule has 0 bridgehead atoms. The number of pyridine rings is 1. The lowest BCUT2D eigenvalue weighted by Gasteiger charge is -2.15. The van der Waals surface area contributed by atoms with Crippen LogP contribution < -0.4 is 4.74 Å². The fourth-order valence-electron chi connectivity index (χ4n) is 2.23. The highest BCUT2D eigenvalue weighted by Gasteiger charge is 2.22. The second-order valence-electron chi connectivity index (χ2n) is 5.13. The number of para-hydroxylation sites is 1. The van der Waals surface area contributed by atoms with E-state index in [1.807, 2.05) is 18.2 Å². The van der Waals surface area contributed by atoms with Crippen molar-refractivity contribution in [3.05, 3.63) is 53.7 Å². The first-order valence-corrected chi connectivity index (χ1v) is 7.41. The van der Waals surface area contributed by atoms with E-state index in [0.717, 1.165) is 0 Å². The van der Waals surface area contributed by atoms with Gasteiger partial charge in [0.25, 0.3) is 0 Å². The molecule has 1 heterocycles. The molecule has 2 rings (SSSR count). The van der Waals surface area contributed by atoms with Gasteiger partial charge in [-0.25, -0.2) is 4.98 Å². The molecule has 0 saturated carbocycles. The Morgan fingerprint density at radius 3 is 2.46 bits per heavy atom. The van der Waals surface area contributed by atoms with E-state index in [-0.39, 0.29) is 6.42 Å². The van der Waals surface area contributed by atoms with Crippen molar-refractivity contribution in [3.63, 3.8) is 0 Å². The standard InChI is InChI=1S/C18H19NO5/c1-12(18(21)23-3)15-11-19-16(9-13(15)10-17(20)22-2)24-14-7-5-4-6-8-14/h4-9,11-12H,10H2,1-3H3. The number of nitrogens with zero attached hydrogens (tertiary/aromatic N) is 1. The Bertz CT molecular complexity index is 715. The van der Waals surface area contributed by atoms with E-state index >= 15 is 0 Å². The zero-order valence-electron chi connectivity index (χ0n) is 13.8. The number of methoxy groups -OCH3 is 2. The van der Waals surface area contributed by atoms with Gasteiger partial charge in [0.2, 0.25) is 5.88 Å². The molecule has 0 saturated heterocycles. The van der Waals surface area contributed by atoms with Gasteiger partial charge >= 0.3 is 11.9 Å². The van der Waals surface area contributed by atoms with Crippen LogP contribution in [-0.2, 0) is 25.5 Å². The second-order valence-corrected chi connectivity index (χ2v) is 5.13. The lowest BCUT2D eigenvalue weighted by atomic mass is 9.96. The zero-order valence-corrected chi connectivity index (χ0v) is 13.8. The van der Waals surface area contributed by atoms with E-state index in [1.54, 1.807) is 25.1 Å². The largest absolute Gasteiger partial charge is 0.469 e. The molecule has 24 heavy (non-hydrogen) atoms. The molecule has 0 aliphatic heterocycles. The normalized spacial score (nSPS) is 11.5. The summed E-state index contributed by atoms with van der Waals surface area (Å²) in [4.78, 5) is 27.7. The van der Waals surface area contributed by atoms with Crippen LogP contribution in [-0.4, -0.2) is 31.1 Å². The van der Waals surface area contributed by atoms with E-state index in [2.05, 4.69) is 4.98 Å². The van der Waals surface area contributed by atoms with Crippen molar-refractivity contribution in [2.24, 2.45) is 0 Å². The summed E-state index contributed by atoms with van der Waals surface area (Å²) in [5, 5.41) is 0. The Hall–Kier alpha value is -2.89. The van der Waals surface area contributed by atoms with Gasteiger partial charge in [0.05, 0.1) is 26.6 Å². The van der Waals surface area contributed by atoms with Gasteiger partial charge in [-0.2, -0.15) is 0 Å². The Kier molecular flexibility index (Phi) is 5.89. The van der Waals surface area contributed by atoms with Crippen LogP contribution >= 0.6 is 0 Å². The molecule has 0 N–H and O–H groups in total. The number of esters is 2. The molecule has 0 aliphatic rings. The van der Waals surface area contributed by atoms with Gasteiger partial charge in [0.1, 0.15) is 5.75 Å². The predicted molar refractivity (Wildman–Crippen MR) is 86.9 cm³/mol. The highest BCUT2D eigenvalue weighted by Crippen LogP contribution is 2.26. The quantitative estimate of drug-likeness (QED) is 0.759. The van der Waals surface area contributed by atoms with Crippen LogP contribution in [0.1, 0.15) is 24.0 Å². The van der Waals surface area contributed by atoms with Crippen LogP contribution in [0.4, 0.5) is 0 Å². The average Bonchev–Trinajstić information content (AvgIpc) is 2.61. The molecule has 0 aliphatic carbocycles. The van der Waals surface area contributed by atoms with Crippen molar-refractivity contribution in [2.75, 3.05) is 14.2 Å². The number of ether oxygens (including phenoxy) is 3. The molecule has 6 heteroatoms. The molecule has 1 atom stereocenters. The van der Waals surface area contributed by atoms with E-state index in [9.17, 15) is 9.59 Å². The fourth-order valence-corrected chi connectivity index (χ4v) is 2.23. The molecule has 2 aromatic rings. The Morgan fingerprint density at radius 2 is 1.83 bits per heavy atom. The van der Waals surface area contributed by atoms with Gasteiger partial charge in [-0.15, -0.1) is 0 Å². The van der Waals surface area contributed by atoms with E-state index < -0.39 is 17.9 Å². The minimum absolute atomic E-state index is 0.0147. The first kappa shape index (κ1) is 17.5. The van der Waals surface area contributed by atoms with Crippen molar-refractivity contribution in [1.29, 1.82) is 0 Å². The summed E-state index contributed by atoms with van der Waals surface area (Å²) >= 11 is 0. The topological polar surface area (TPSA) is 74.7 Å². The van der Waals surface area contributed by atoms with Crippen LogP contribution in [0, 0.1) is 0 Å². The van der Waals surface area contributed by atoms with Crippen LogP contribution in [0.25, 0.3) is 0 Å². The number of carbonyl (C=O) groups is 2. The maximum Gasteiger partial charge on any atom is 0.312 e. The molecular weight excluding hydrogens is 310 g/mol. The third-order valence-corrected chi connectivity index (χ3v) is 3.55. The number of aromatic nitrogens is 1. The lowest BCUT2D eigenvalue weighted by Crippen LogP contribution is -2.15. The van der Waals surface area contributed by atoms with E-state index in [1.165, 1.54) is 20.4 Å². The SMILES string of the molecule is COC(=O)Cc1cc(Oc2ccccc2)ncc1C(C)C(=O)OC. The van der Waals surface area contributed by atoms with Crippen molar-refractivity contribution >= 4 is 11.9 Å². The number of hydrogen-bond acceptors (Lipinski definition) is 6. The van der Waals surface area contributed by atoms with Gasteiger partial charge < -0.3 is 14.2 Å². The molecule has 0 spiro atoms. The van der Waals surface area contributed by atoms with Crippen LogP contribution in [0.3, 0.4) is 0 Å². The summed E-state index contributed by atoms with van der Waals surface area (Å²) in [7, 11) is 2.63. The van der Waals surface area contributed by atoms with Crippen LogP contribution in [0.15, 0.2) is 42.6 Å². The summed E-state index contributed by atoms with van der Waals surface area (Å²) in [6.45, 7) is 1.70. The third-order valence-electron chi connectivity index (χ3n) is 3.55. The summed E-state index contributed by atoms with van der Waals surface area (Å²) in [6, 6.07) is 10.8. The van der Waals surface area contributed by atoms with Gasteiger partial charge in [0, 0.05) is 12.3 Å². The molecule has 126 valence electrons. The van der Waals surface area contributed by atoms with E-state index in [0.29, 0.717) is 22.8 Å².